The van der Waals surface area contributed by atoms with Crippen LogP contribution in [0.15, 0.2) is 24.3 Å². The van der Waals surface area contributed by atoms with Crippen LogP contribution in [0.4, 0.5) is 0 Å². The van der Waals surface area contributed by atoms with Crippen molar-refractivity contribution in [2.45, 2.75) is 27.7 Å². The number of aldehydes is 1. The molecule has 1 aromatic carbocycles. The van der Waals surface area contributed by atoms with E-state index in [9.17, 15) is 4.79 Å². The quantitative estimate of drug-likeness (QED) is 0.719. The third-order valence-electron chi connectivity index (χ3n) is 3.39. The normalized spacial score (nSPS) is 10.6. The number of rotatable bonds is 2. The summed E-state index contributed by atoms with van der Waals surface area (Å²) in [6.45, 7) is 8.12. The monoisotopic (exact) mass is 227 g/mol. The maximum absolute atomic E-state index is 11.1. The maximum Gasteiger partial charge on any atom is 0.152 e. The first kappa shape index (κ1) is 11.6. The van der Waals surface area contributed by atoms with Crippen LogP contribution in [-0.2, 0) is 0 Å². The van der Waals surface area contributed by atoms with E-state index in [1.807, 2.05) is 19.9 Å². The summed E-state index contributed by atoms with van der Waals surface area (Å²) in [4.78, 5) is 11.1. The zero-order valence-corrected chi connectivity index (χ0v) is 10.7. The summed E-state index contributed by atoms with van der Waals surface area (Å²) in [6.07, 6.45) is 0.948. The van der Waals surface area contributed by atoms with E-state index in [2.05, 4.69) is 36.6 Å². The minimum atomic E-state index is 0.809. The lowest BCUT2D eigenvalue weighted by molar-refractivity contribution is 0.112. The van der Waals surface area contributed by atoms with Crippen LogP contribution in [0.1, 0.15) is 32.9 Å². The van der Waals surface area contributed by atoms with Gasteiger partial charge in [0.2, 0.25) is 0 Å². The van der Waals surface area contributed by atoms with Crippen LogP contribution in [0.5, 0.6) is 0 Å². The molecule has 88 valence electrons. The second kappa shape index (κ2) is 4.21. The Hall–Kier alpha value is -1.83. The van der Waals surface area contributed by atoms with Gasteiger partial charge in [-0.2, -0.15) is 0 Å². The zero-order valence-electron chi connectivity index (χ0n) is 10.7. The second-order valence-corrected chi connectivity index (χ2v) is 4.50. The fraction of sp³-hybridized carbons (Fsp3) is 0.267. The molecule has 0 amide bonds. The van der Waals surface area contributed by atoms with Crippen molar-refractivity contribution in [2.24, 2.45) is 0 Å². The Morgan fingerprint density at radius 2 is 1.76 bits per heavy atom. The van der Waals surface area contributed by atoms with Crippen LogP contribution >= 0.6 is 0 Å². The van der Waals surface area contributed by atoms with Gasteiger partial charge < -0.3 is 4.57 Å². The van der Waals surface area contributed by atoms with E-state index < -0.39 is 0 Å². The van der Waals surface area contributed by atoms with Gasteiger partial charge in [-0.1, -0.05) is 12.1 Å². The highest BCUT2D eigenvalue weighted by Crippen LogP contribution is 2.24. The first-order valence-corrected chi connectivity index (χ1v) is 5.77. The Morgan fingerprint density at radius 1 is 1.06 bits per heavy atom. The molecule has 0 spiro atoms. The predicted octanol–water partition coefficient (Wildman–Crippen LogP) is 3.52. The number of carbonyl (C=O) groups excluding carboxylic acids is 1. The van der Waals surface area contributed by atoms with E-state index >= 15 is 0 Å². The minimum Gasteiger partial charge on any atom is -0.317 e. The maximum atomic E-state index is 11.1. The highest BCUT2D eigenvalue weighted by molar-refractivity contribution is 5.80. The molecule has 0 saturated heterocycles. The summed E-state index contributed by atoms with van der Waals surface area (Å²) in [6, 6.07) is 8.32. The lowest BCUT2D eigenvalue weighted by Gasteiger charge is -2.10. The van der Waals surface area contributed by atoms with Crippen molar-refractivity contribution in [2.75, 3.05) is 0 Å². The van der Waals surface area contributed by atoms with Gasteiger partial charge in [0.1, 0.15) is 0 Å². The summed E-state index contributed by atoms with van der Waals surface area (Å²) in [5.41, 5.74) is 6.37. The van der Waals surface area contributed by atoms with E-state index in [0.717, 1.165) is 34.5 Å². The molecule has 0 N–H and O–H groups in total. The molecule has 0 aliphatic heterocycles. The fourth-order valence-electron chi connectivity index (χ4n) is 2.33. The predicted molar refractivity (Wildman–Crippen MR) is 70.1 cm³/mol. The SMILES string of the molecule is Cc1cccc(-n2c(C)c(C)c(C=O)c2C)c1. The first-order valence-electron chi connectivity index (χ1n) is 5.77. The average Bonchev–Trinajstić information content (AvgIpc) is 2.50. The molecule has 0 saturated carbocycles. The molecule has 2 aromatic rings. The van der Waals surface area contributed by atoms with Crippen molar-refractivity contribution in [3.63, 3.8) is 0 Å². The molecular formula is C15H17NO. The van der Waals surface area contributed by atoms with Crippen molar-refractivity contribution in [3.8, 4) is 5.69 Å². The number of hydrogen-bond donors (Lipinski definition) is 0. The second-order valence-electron chi connectivity index (χ2n) is 4.50. The number of aromatic nitrogens is 1. The third-order valence-corrected chi connectivity index (χ3v) is 3.39. The third kappa shape index (κ3) is 1.80. The number of carbonyl (C=O) groups is 1. The van der Waals surface area contributed by atoms with E-state index in [-0.39, 0.29) is 0 Å². The van der Waals surface area contributed by atoms with Crippen LogP contribution in [-0.4, -0.2) is 10.9 Å². The van der Waals surface area contributed by atoms with Gasteiger partial charge in [0, 0.05) is 22.6 Å². The van der Waals surface area contributed by atoms with Crippen molar-refractivity contribution < 1.29 is 4.79 Å². The first-order chi connectivity index (χ1) is 8.06. The van der Waals surface area contributed by atoms with E-state index in [1.165, 1.54) is 5.56 Å². The standard InChI is InChI=1S/C15H17NO/c1-10-6-5-7-14(8-10)16-12(3)11(2)15(9-17)13(16)4/h5-9H,1-4H3. The summed E-state index contributed by atoms with van der Waals surface area (Å²) in [5.74, 6) is 0. The molecule has 2 nitrogen and oxygen atoms in total. The lowest BCUT2D eigenvalue weighted by atomic mass is 10.1. The Labute approximate surface area is 102 Å². The smallest absolute Gasteiger partial charge is 0.152 e. The van der Waals surface area contributed by atoms with Crippen LogP contribution in [0.25, 0.3) is 5.69 Å². The molecule has 0 radical (unpaired) electrons. The number of nitrogens with zero attached hydrogens (tertiary/aromatic N) is 1. The van der Waals surface area contributed by atoms with Gasteiger partial charge >= 0.3 is 0 Å². The van der Waals surface area contributed by atoms with Gasteiger partial charge in [0.05, 0.1) is 0 Å². The fourth-order valence-corrected chi connectivity index (χ4v) is 2.33. The highest BCUT2D eigenvalue weighted by atomic mass is 16.1. The van der Waals surface area contributed by atoms with Gasteiger partial charge in [-0.3, -0.25) is 4.79 Å². The largest absolute Gasteiger partial charge is 0.317 e. The molecule has 0 atom stereocenters. The van der Waals surface area contributed by atoms with Crippen molar-refractivity contribution >= 4 is 6.29 Å². The summed E-state index contributed by atoms with van der Waals surface area (Å²) in [7, 11) is 0. The molecule has 0 fully saturated rings. The molecule has 1 heterocycles. The van der Waals surface area contributed by atoms with Gasteiger partial charge in [0.25, 0.3) is 0 Å². The van der Waals surface area contributed by atoms with Gasteiger partial charge in [-0.05, 0) is 51.0 Å². The molecule has 0 aliphatic rings. The molecule has 0 bridgehead atoms. The van der Waals surface area contributed by atoms with Gasteiger partial charge in [-0.15, -0.1) is 0 Å². The molecule has 0 unspecified atom stereocenters. The number of hydrogen-bond acceptors (Lipinski definition) is 1. The Balaban J connectivity index is 2.72. The molecule has 2 rings (SSSR count). The Morgan fingerprint density at radius 3 is 2.29 bits per heavy atom. The van der Waals surface area contributed by atoms with Crippen LogP contribution in [0, 0.1) is 27.7 Å². The topological polar surface area (TPSA) is 22.0 Å². The van der Waals surface area contributed by atoms with Crippen LogP contribution < -0.4 is 0 Å². The zero-order chi connectivity index (χ0) is 12.6. The summed E-state index contributed by atoms with van der Waals surface area (Å²) in [5, 5.41) is 0. The van der Waals surface area contributed by atoms with Crippen molar-refractivity contribution in [1.82, 2.24) is 4.57 Å². The molecular weight excluding hydrogens is 210 g/mol. The molecule has 2 heteroatoms. The number of aryl methyl sites for hydroxylation is 1. The van der Waals surface area contributed by atoms with Crippen molar-refractivity contribution in [1.29, 1.82) is 0 Å². The van der Waals surface area contributed by atoms with Crippen LogP contribution in [0.3, 0.4) is 0 Å². The van der Waals surface area contributed by atoms with E-state index in [4.69, 9.17) is 0 Å². The van der Waals surface area contributed by atoms with Gasteiger partial charge in [-0.25, -0.2) is 0 Å². The minimum absolute atomic E-state index is 0.809. The van der Waals surface area contributed by atoms with E-state index in [0.29, 0.717) is 0 Å². The summed E-state index contributed by atoms with van der Waals surface area (Å²) >= 11 is 0. The molecule has 0 aliphatic carbocycles. The van der Waals surface area contributed by atoms with Crippen LogP contribution in [0.2, 0.25) is 0 Å². The van der Waals surface area contributed by atoms with E-state index in [1.54, 1.807) is 0 Å². The van der Waals surface area contributed by atoms with Crippen molar-refractivity contribution in [3.05, 3.63) is 52.3 Å². The average molecular weight is 227 g/mol. The Kier molecular flexibility index (Phi) is 2.88. The molecule has 17 heavy (non-hydrogen) atoms. The Bertz CT molecular complexity index is 579. The molecule has 1 aromatic heterocycles. The number of benzene rings is 1. The lowest BCUT2D eigenvalue weighted by Crippen LogP contribution is -1.99. The van der Waals surface area contributed by atoms with Gasteiger partial charge in [0.15, 0.2) is 6.29 Å². The highest BCUT2D eigenvalue weighted by Gasteiger charge is 2.14. The summed E-state index contributed by atoms with van der Waals surface area (Å²) < 4.78 is 2.14.